The van der Waals surface area contributed by atoms with Crippen LogP contribution in [0.1, 0.15) is 32.8 Å². The number of aliphatic hydroxyl groups excluding tert-OH is 1. The third kappa shape index (κ3) is 3.03. The molecular weight excluding hydrogens is 381 g/mol. The van der Waals surface area contributed by atoms with E-state index < -0.39 is 29.3 Å². The Hall–Kier alpha value is -3.19. The van der Waals surface area contributed by atoms with Gasteiger partial charge in [-0.15, -0.1) is 11.3 Å². The smallest absolute Gasteiger partial charge is 0.290 e. The van der Waals surface area contributed by atoms with Gasteiger partial charge < -0.3 is 14.4 Å². The van der Waals surface area contributed by atoms with Gasteiger partial charge in [-0.1, -0.05) is 24.3 Å². The summed E-state index contributed by atoms with van der Waals surface area (Å²) in [5.74, 6) is -2.08. The highest BCUT2D eigenvalue weighted by Gasteiger charge is 2.45. The fourth-order valence-corrected chi connectivity index (χ4v) is 4.03. The molecule has 0 spiro atoms. The van der Waals surface area contributed by atoms with Crippen molar-refractivity contribution in [2.45, 2.75) is 19.5 Å². The van der Waals surface area contributed by atoms with Gasteiger partial charge in [0, 0.05) is 10.4 Å². The summed E-state index contributed by atoms with van der Waals surface area (Å²) in [6, 6.07) is 11.6. The van der Waals surface area contributed by atoms with E-state index in [4.69, 9.17) is 4.42 Å². The van der Waals surface area contributed by atoms with E-state index in [1.54, 1.807) is 19.1 Å². The minimum absolute atomic E-state index is 0.00818. The van der Waals surface area contributed by atoms with Gasteiger partial charge in [-0.2, -0.15) is 0 Å². The average Bonchev–Trinajstić information content (AvgIpc) is 3.39. The molecule has 1 N–H and O–H groups in total. The molecule has 7 heteroatoms. The van der Waals surface area contributed by atoms with Crippen LogP contribution in [0, 0.1) is 12.7 Å². The fraction of sp³-hybridized carbons (Fsp3) is 0.143. The summed E-state index contributed by atoms with van der Waals surface area (Å²) in [6.07, 6.45) is 0. The highest BCUT2D eigenvalue weighted by Crippen LogP contribution is 2.41. The van der Waals surface area contributed by atoms with E-state index in [1.165, 1.54) is 40.5 Å². The van der Waals surface area contributed by atoms with E-state index in [-0.39, 0.29) is 23.4 Å². The lowest BCUT2D eigenvalue weighted by atomic mass is 9.94. The van der Waals surface area contributed by atoms with Gasteiger partial charge in [0.05, 0.1) is 18.2 Å². The molecule has 28 heavy (non-hydrogen) atoms. The van der Waals surface area contributed by atoms with Gasteiger partial charge in [0.1, 0.15) is 11.6 Å². The van der Waals surface area contributed by atoms with Crippen LogP contribution in [0.15, 0.2) is 69.7 Å². The number of hydrogen-bond donors (Lipinski definition) is 1. The Kier molecular flexibility index (Phi) is 4.60. The molecule has 0 saturated heterocycles. The molecule has 3 heterocycles. The third-order valence-electron chi connectivity index (χ3n) is 4.62. The zero-order valence-electron chi connectivity index (χ0n) is 14.9. The first-order valence-electron chi connectivity index (χ1n) is 8.59. The van der Waals surface area contributed by atoms with E-state index in [9.17, 15) is 19.1 Å². The predicted octanol–water partition coefficient (Wildman–Crippen LogP) is 4.57. The second-order valence-electron chi connectivity index (χ2n) is 6.44. The lowest BCUT2D eigenvalue weighted by molar-refractivity contribution is -0.130. The van der Waals surface area contributed by atoms with Crippen LogP contribution in [0.4, 0.5) is 4.39 Å². The molecular formula is C21H16FNO4S. The van der Waals surface area contributed by atoms with Crippen molar-refractivity contribution in [2.75, 3.05) is 0 Å². The van der Waals surface area contributed by atoms with E-state index in [1.807, 2.05) is 17.5 Å². The van der Waals surface area contributed by atoms with E-state index in [0.29, 0.717) is 5.76 Å². The van der Waals surface area contributed by atoms with Crippen molar-refractivity contribution in [1.82, 2.24) is 4.90 Å². The van der Waals surface area contributed by atoms with Gasteiger partial charge in [0.25, 0.3) is 5.91 Å². The minimum atomic E-state index is -1.05. The molecule has 0 aliphatic carbocycles. The predicted molar refractivity (Wildman–Crippen MR) is 101 cm³/mol. The van der Waals surface area contributed by atoms with Gasteiger partial charge in [-0.25, -0.2) is 4.39 Å². The number of benzene rings is 1. The normalized spacial score (nSPS) is 16.9. The molecule has 5 nitrogen and oxygen atoms in total. The SMILES string of the molecule is Cc1ccc(C(=O)C2=C(O)C(=O)N(Cc3cccs3)C2c2ccccc2F)o1. The van der Waals surface area contributed by atoms with Gasteiger partial charge in [0.2, 0.25) is 5.78 Å². The van der Waals surface area contributed by atoms with Crippen molar-refractivity contribution >= 4 is 23.0 Å². The summed E-state index contributed by atoms with van der Waals surface area (Å²) in [7, 11) is 0. The molecule has 1 aliphatic rings. The van der Waals surface area contributed by atoms with Crippen molar-refractivity contribution < 1.29 is 23.5 Å². The second kappa shape index (κ2) is 7.09. The molecule has 3 aromatic rings. The minimum Gasteiger partial charge on any atom is -0.503 e. The van der Waals surface area contributed by atoms with Crippen LogP contribution in [0.5, 0.6) is 0 Å². The lowest BCUT2D eigenvalue weighted by Crippen LogP contribution is -2.31. The second-order valence-corrected chi connectivity index (χ2v) is 7.47. The van der Waals surface area contributed by atoms with Gasteiger partial charge in [0.15, 0.2) is 11.5 Å². The highest BCUT2D eigenvalue weighted by atomic mass is 32.1. The van der Waals surface area contributed by atoms with Gasteiger partial charge in [-0.05, 0) is 36.6 Å². The maximum absolute atomic E-state index is 14.6. The summed E-state index contributed by atoms with van der Waals surface area (Å²) in [5.41, 5.74) is -0.0379. The number of amides is 1. The number of aryl methyl sites for hydroxylation is 1. The Morgan fingerprint density at radius 3 is 2.64 bits per heavy atom. The van der Waals surface area contributed by atoms with Crippen LogP contribution in [0.3, 0.4) is 0 Å². The fourth-order valence-electron chi connectivity index (χ4n) is 3.33. The Morgan fingerprint density at radius 1 is 1.21 bits per heavy atom. The molecule has 0 saturated carbocycles. The molecule has 1 atom stereocenters. The van der Waals surface area contributed by atoms with Crippen molar-refractivity contribution in [2.24, 2.45) is 0 Å². The number of halogens is 1. The van der Waals surface area contributed by atoms with E-state index in [0.717, 1.165) is 4.88 Å². The van der Waals surface area contributed by atoms with E-state index in [2.05, 4.69) is 0 Å². The Bertz CT molecular complexity index is 1080. The number of rotatable bonds is 5. The topological polar surface area (TPSA) is 70.8 Å². The van der Waals surface area contributed by atoms with Crippen LogP contribution >= 0.6 is 11.3 Å². The number of nitrogens with zero attached hydrogens (tertiary/aromatic N) is 1. The van der Waals surface area contributed by atoms with Gasteiger partial charge >= 0.3 is 0 Å². The van der Waals surface area contributed by atoms with Crippen molar-refractivity contribution in [3.05, 3.63) is 93.0 Å². The summed E-state index contributed by atoms with van der Waals surface area (Å²) in [6.45, 7) is 1.83. The number of aliphatic hydroxyl groups is 1. The number of carbonyl (C=O) groups is 2. The largest absolute Gasteiger partial charge is 0.503 e. The average molecular weight is 397 g/mol. The van der Waals surface area contributed by atoms with Gasteiger partial charge in [-0.3, -0.25) is 9.59 Å². The molecule has 142 valence electrons. The van der Waals surface area contributed by atoms with Crippen molar-refractivity contribution in [1.29, 1.82) is 0 Å². The summed E-state index contributed by atoms with van der Waals surface area (Å²) in [5, 5.41) is 12.4. The molecule has 0 bridgehead atoms. The number of ketones is 1. The molecule has 0 fully saturated rings. The molecule has 2 aromatic heterocycles. The van der Waals surface area contributed by atoms with Crippen LogP contribution in [0.25, 0.3) is 0 Å². The van der Waals surface area contributed by atoms with Crippen molar-refractivity contribution in [3.8, 4) is 0 Å². The zero-order valence-corrected chi connectivity index (χ0v) is 15.7. The standard InChI is InChI=1S/C21H16FNO4S/c1-12-8-9-16(27-12)19(24)17-18(14-6-2-3-7-15(14)22)23(21(26)20(17)25)11-13-5-4-10-28-13/h2-10,18,25H,11H2,1H3. The molecule has 1 amide bonds. The number of Topliss-reactive ketones (excluding diaryl/α,β-unsaturated/α-hetero) is 1. The molecule has 1 aromatic carbocycles. The number of thiophene rings is 1. The number of hydrogen-bond acceptors (Lipinski definition) is 5. The maximum atomic E-state index is 14.6. The Balaban J connectivity index is 1.83. The van der Waals surface area contributed by atoms with Crippen LogP contribution in [-0.2, 0) is 11.3 Å². The Morgan fingerprint density at radius 2 is 2.00 bits per heavy atom. The van der Waals surface area contributed by atoms with Crippen LogP contribution in [-0.4, -0.2) is 21.7 Å². The number of carbonyl (C=O) groups excluding carboxylic acids is 2. The zero-order chi connectivity index (χ0) is 19.8. The first-order chi connectivity index (χ1) is 13.5. The summed E-state index contributed by atoms with van der Waals surface area (Å²) < 4.78 is 20.0. The van der Waals surface area contributed by atoms with Crippen LogP contribution < -0.4 is 0 Å². The quantitative estimate of drug-likeness (QED) is 0.641. The molecule has 1 aliphatic heterocycles. The number of furan rings is 1. The summed E-state index contributed by atoms with van der Waals surface area (Å²) in [4.78, 5) is 28.0. The molecule has 1 unspecified atom stereocenters. The summed E-state index contributed by atoms with van der Waals surface area (Å²) >= 11 is 1.43. The molecule has 4 rings (SSSR count). The monoisotopic (exact) mass is 397 g/mol. The first-order valence-corrected chi connectivity index (χ1v) is 9.47. The first kappa shape index (κ1) is 18.2. The van der Waals surface area contributed by atoms with Crippen molar-refractivity contribution in [3.63, 3.8) is 0 Å². The Labute approximate surface area is 164 Å². The lowest BCUT2D eigenvalue weighted by Gasteiger charge is -2.26. The van der Waals surface area contributed by atoms with E-state index >= 15 is 0 Å². The molecule has 0 radical (unpaired) electrons. The maximum Gasteiger partial charge on any atom is 0.290 e. The van der Waals surface area contributed by atoms with Crippen LogP contribution in [0.2, 0.25) is 0 Å². The highest BCUT2D eigenvalue weighted by molar-refractivity contribution is 7.09. The third-order valence-corrected chi connectivity index (χ3v) is 5.48.